The van der Waals surface area contributed by atoms with Gasteiger partial charge < -0.3 is 9.84 Å². The van der Waals surface area contributed by atoms with E-state index in [0.717, 1.165) is 6.07 Å². The first kappa shape index (κ1) is 15.0. The Balaban J connectivity index is 2.91. The highest BCUT2D eigenvalue weighted by Gasteiger charge is 2.31. The topological polar surface area (TPSA) is 63.6 Å². The van der Waals surface area contributed by atoms with Crippen molar-refractivity contribution in [1.29, 1.82) is 0 Å². The number of ketones is 1. The number of hydrogen-bond donors (Lipinski definition) is 1. The fraction of sp³-hybridized carbons (Fsp3) is 0.333. The lowest BCUT2D eigenvalue weighted by Crippen LogP contribution is -2.12. The molecule has 7 heteroatoms. The summed E-state index contributed by atoms with van der Waals surface area (Å²) in [6.45, 7) is 1.64. The van der Waals surface area contributed by atoms with E-state index in [-0.39, 0.29) is 12.2 Å². The van der Waals surface area contributed by atoms with E-state index in [9.17, 15) is 27.9 Å². The maximum atomic E-state index is 12.3. The maximum Gasteiger partial charge on any atom is 0.416 e. The molecule has 1 N–H and O–H groups in total. The van der Waals surface area contributed by atoms with Crippen LogP contribution in [0.2, 0.25) is 0 Å². The molecule has 0 spiro atoms. The summed E-state index contributed by atoms with van der Waals surface area (Å²) in [4.78, 5) is 22.6. The molecule has 1 aromatic carbocycles. The first-order valence-corrected chi connectivity index (χ1v) is 5.34. The van der Waals surface area contributed by atoms with E-state index < -0.39 is 35.7 Å². The van der Waals surface area contributed by atoms with Gasteiger partial charge in [0.05, 0.1) is 17.7 Å². The number of rotatable bonds is 4. The first-order valence-electron chi connectivity index (χ1n) is 5.34. The smallest absolute Gasteiger partial charge is 0.416 e. The molecular weight excluding hydrogens is 265 g/mol. The second-order valence-corrected chi connectivity index (χ2v) is 3.63. The molecule has 0 unspecified atom stereocenters. The van der Waals surface area contributed by atoms with Crippen LogP contribution in [0.3, 0.4) is 0 Å². The van der Waals surface area contributed by atoms with Crippen LogP contribution in [0.15, 0.2) is 18.2 Å². The van der Waals surface area contributed by atoms with Crippen LogP contribution in [0, 0.1) is 0 Å². The highest BCUT2D eigenvalue weighted by atomic mass is 19.4. The summed E-state index contributed by atoms with van der Waals surface area (Å²) < 4.78 is 41.6. The standard InChI is InChI=1S/C12H11F3O4/c1-2-19-11(18)6-10(17)8-4-3-7(5-9(8)16)12(13,14)15/h3-5,16H,2,6H2,1H3. The van der Waals surface area contributed by atoms with Crippen LogP contribution in [0.1, 0.15) is 29.3 Å². The molecule has 0 aliphatic heterocycles. The molecule has 0 aromatic heterocycles. The minimum Gasteiger partial charge on any atom is -0.507 e. The van der Waals surface area contributed by atoms with Gasteiger partial charge in [-0.2, -0.15) is 13.2 Å². The van der Waals surface area contributed by atoms with Crippen molar-refractivity contribution in [2.45, 2.75) is 19.5 Å². The van der Waals surface area contributed by atoms with Crippen molar-refractivity contribution >= 4 is 11.8 Å². The fourth-order valence-electron chi connectivity index (χ4n) is 1.38. The quantitative estimate of drug-likeness (QED) is 0.521. The van der Waals surface area contributed by atoms with Crippen molar-refractivity contribution in [3.63, 3.8) is 0 Å². The molecule has 0 aliphatic carbocycles. The number of aromatic hydroxyl groups is 1. The van der Waals surface area contributed by atoms with Gasteiger partial charge in [-0.15, -0.1) is 0 Å². The van der Waals surface area contributed by atoms with E-state index in [0.29, 0.717) is 12.1 Å². The minimum absolute atomic E-state index is 0.0884. The molecular formula is C12H11F3O4. The van der Waals surface area contributed by atoms with Gasteiger partial charge in [0, 0.05) is 0 Å². The summed E-state index contributed by atoms with van der Waals surface area (Å²) in [7, 11) is 0. The molecule has 0 fully saturated rings. The van der Waals surface area contributed by atoms with E-state index in [1.165, 1.54) is 0 Å². The summed E-state index contributed by atoms with van der Waals surface area (Å²) in [5, 5.41) is 9.39. The summed E-state index contributed by atoms with van der Waals surface area (Å²) in [6.07, 6.45) is -5.24. The number of halogens is 3. The van der Waals surface area contributed by atoms with E-state index in [4.69, 9.17) is 0 Å². The largest absolute Gasteiger partial charge is 0.507 e. The zero-order chi connectivity index (χ0) is 14.6. The molecule has 0 atom stereocenters. The summed E-state index contributed by atoms with van der Waals surface area (Å²) in [6, 6.07) is 1.94. The fourth-order valence-corrected chi connectivity index (χ4v) is 1.38. The number of ether oxygens (including phenoxy) is 1. The number of phenols is 1. The summed E-state index contributed by atoms with van der Waals surface area (Å²) >= 11 is 0. The van der Waals surface area contributed by atoms with Gasteiger partial charge in [-0.1, -0.05) is 0 Å². The van der Waals surface area contributed by atoms with Crippen molar-refractivity contribution in [3.8, 4) is 5.75 Å². The molecule has 19 heavy (non-hydrogen) atoms. The minimum atomic E-state index is -4.61. The van der Waals surface area contributed by atoms with Gasteiger partial charge in [0.25, 0.3) is 0 Å². The predicted octanol–water partition coefficient (Wildman–Crippen LogP) is 2.55. The molecule has 4 nitrogen and oxygen atoms in total. The lowest BCUT2D eigenvalue weighted by atomic mass is 10.0. The molecule has 1 aromatic rings. The van der Waals surface area contributed by atoms with E-state index >= 15 is 0 Å². The van der Waals surface area contributed by atoms with Crippen LogP contribution in [-0.4, -0.2) is 23.5 Å². The molecule has 104 valence electrons. The van der Waals surface area contributed by atoms with Crippen LogP contribution in [0.5, 0.6) is 5.75 Å². The van der Waals surface area contributed by atoms with Gasteiger partial charge in [-0.25, -0.2) is 0 Å². The molecule has 1 rings (SSSR count). The van der Waals surface area contributed by atoms with Gasteiger partial charge >= 0.3 is 12.1 Å². The first-order chi connectivity index (χ1) is 8.75. The Bertz CT molecular complexity index is 494. The molecule has 0 radical (unpaired) electrons. The van der Waals surface area contributed by atoms with Crippen LogP contribution in [0.4, 0.5) is 13.2 Å². The zero-order valence-electron chi connectivity index (χ0n) is 9.95. The average molecular weight is 276 g/mol. The molecule has 0 heterocycles. The van der Waals surface area contributed by atoms with Crippen LogP contribution in [-0.2, 0) is 15.7 Å². The average Bonchev–Trinajstić information content (AvgIpc) is 2.27. The van der Waals surface area contributed by atoms with Gasteiger partial charge in [-0.3, -0.25) is 9.59 Å². The molecule has 0 aliphatic rings. The number of esters is 1. The van der Waals surface area contributed by atoms with Crippen molar-refractivity contribution in [2.75, 3.05) is 6.61 Å². The third kappa shape index (κ3) is 3.97. The van der Waals surface area contributed by atoms with Crippen molar-refractivity contribution < 1.29 is 32.6 Å². The van der Waals surface area contributed by atoms with Crippen LogP contribution < -0.4 is 0 Å². The number of hydrogen-bond acceptors (Lipinski definition) is 4. The Morgan fingerprint density at radius 2 is 1.95 bits per heavy atom. The molecule has 0 saturated heterocycles. The number of phenolic OH excluding ortho intramolecular Hbond substituents is 1. The summed E-state index contributed by atoms with van der Waals surface area (Å²) in [5.74, 6) is -2.42. The lowest BCUT2D eigenvalue weighted by Gasteiger charge is -2.09. The zero-order valence-corrected chi connectivity index (χ0v) is 9.95. The van der Waals surface area contributed by atoms with Crippen molar-refractivity contribution in [1.82, 2.24) is 0 Å². The van der Waals surface area contributed by atoms with E-state index in [1.807, 2.05) is 0 Å². The third-order valence-electron chi connectivity index (χ3n) is 2.24. The van der Waals surface area contributed by atoms with Crippen LogP contribution >= 0.6 is 0 Å². The lowest BCUT2D eigenvalue weighted by molar-refractivity contribution is -0.142. The van der Waals surface area contributed by atoms with Crippen molar-refractivity contribution in [2.24, 2.45) is 0 Å². The molecule has 0 bridgehead atoms. The Kier molecular flexibility index (Phi) is 4.52. The van der Waals surface area contributed by atoms with Crippen LogP contribution in [0.25, 0.3) is 0 Å². The number of alkyl halides is 3. The van der Waals surface area contributed by atoms with Crippen molar-refractivity contribution in [3.05, 3.63) is 29.3 Å². The second kappa shape index (κ2) is 5.73. The predicted molar refractivity (Wildman–Crippen MR) is 58.7 cm³/mol. The summed E-state index contributed by atoms with van der Waals surface area (Å²) in [5.41, 5.74) is -1.42. The Labute approximate surface area is 106 Å². The number of benzene rings is 1. The number of carbonyl (C=O) groups excluding carboxylic acids is 2. The number of carbonyl (C=O) groups is 2. The monoisotopic (exact) mass is 276 g/mol. The number of Topliss-reactive ketones (excluding diaryl/α,β-unsaturated/α-hetero) is 1. The highest BCUT2D eigenvalue weighted by molar-refractivity contribution is 6.07. The maximum absolute atomic E-state index is 12.3. The van der Waals surface area contributed by atoms with E-state index in [2.05, 4.69) is 4.74 Å². The van der Waals surface area contributed by atoms with Gasteiger partial charge in [0.15, 0.2) is 5.78 Å². The SMILES string of the molecule is CCOC(=O)CC(=O)c1ccc(C(F)(F)F)cc1O. The van der Waals surface area contributed by atoms with Gasteiger partial charge in [0.2, 0.25) is 0 Å². The van der Waals surface area contributed by atoms with E-state index in [1.54, 1.807) is 6.92 Å². The third-order valence-corrected chi connectivity index (χ3v) is 2.24. The normalized spacial score (nSPS) is 11.2. The van der Waals surface area contributed by atoms with Gasteiger partial charge in [-0.05, 0) is 25.1 Å². The Hall–Kier alpha value is -2.05. The molecule has 0 amide bonds. The Morgan fingerprint density at radius 1 is 1.32 bits per heavy atom. The molecule has 0 saturated carbocycles. The van der Waals surface area contributed by atoms with Gasteiger partial charge in [0.1, 0.15) is 12.2 Å². The highest BCUT2D eigenvalue weighted by Crippen LogP contribution is 2.32. The Morgan fingerprint density at radius 3 is 2.42 bits per heavy atom. The second-order valence-electron chi connectivity index (χ2n) is 3.63.